The zero-order chi connectivity index (χ0) is 4.99. The summed E-state index contributed by atoms with van der Waals surface area (Å²) in [7, 11) is 0. The average Bonchev–Trinajstić information content (AvgIpc) is 1.35. The van der Waals surface area contributed by atoms with Crippen LogP contribution < -0.4 is 0 Å². The molecule has 0 aromatic carbocycles. The van der Waals surface area contributed by atoms with E-state index in [1.807, 2.05) is 0 Å². The Morgan fingerprint density at radius 2 is 2.29 bits per heavy atom. The topological polar surface area (TPSA) is 52.4 Å². The SMILES string of the molecule is CCO[N+](=O)[O-].[Ni+2]. The normalized spacial score (nSPS) is 6.43. The zero-order valence-electron chi connectivity index (χ0n) is 3.70. The second-order valence-corrected chi connectivity index (χ2v) is 0.641. The summed E-state index contributed by atoms with van der Waals surface area (Å²) in [5.41, 5.74) is 0. The molecular weight excluding hydrogens is 145 g/mol. The molecule has 0 fully saturated rings. The number of rotatable bonds is 2. The number of hydrogen-bond donors (Lipinski definition) is 0. The predicted molar refractivity (Wildman–Crippen MR) is 18.6 cm³/mol. The first-order valence-corrected chi connectivity index (χ1v) is 1.54. The zero-order valence-corrected chi connectivity index (χ0v) is 4.68. The van der Waals surface area contributed by atoms with Crippen molar-refractivity contribution >= 4 is 0 Å². The van der Waals surface area contributed by atoms with Crippen molar-refractivity contribution in [2.75, 3.05) is 6.61 Å². The Balaban J connectivity index is 0. The van der Waals surface area contributed by atoms with Crippen LogP contribution in [0, 0.1) is 10.1 Å². The van der Waals surface area contributed by atoms with Crippen LogP contribution in [0.1, 0.15) is 6.92 Å². The van der Waals surface area contributed by atoms with Gasteiger partial charge in [0.2, 0.25) is 0 Å². The summed E-state index contributed by atoms with van der Waals surface area (Å²) in [4.78, 5) is 12.9. The van der Waals surface area contributed by atoms with Gasteiger partial charge in [0.25, 0.3) is 5.09 Å². The molecule has 0 rings (SSSR count). The van der Waals surface area contributed by atoms with Crippen LogP contribution in [0.5, 0.6) is 0 Å². The van der Waals surface area contributed by atoms with E-state index >= 15 is 0 Å². The molecule has 0 aliphatic rings. The molecule has 0 aromatic rings. The minimum atomic E-state index is -0.819. The van der Waals surface area contributed by atoms with Crippen molar-refractivity contribution in [1.29, 1.82) is 0 Å². The number of hydrogen-bond acceptors (Lipinski definition) is 3. The molecule has 0 aliphatic heterocycles. The van der Waals surface area contributed by atoms with Gasteiger partial charge in [0, 0.05) is 0 Å². The Labute approximate surface area is 50.9 Å². The molecular formula is C2H5NNiO3+2. The average molecular weight is 150 g/mol. The van der Waals surface area contributed by atoms with E-state index < -0.39 is 5.09 Å². The molecule has 0 saturated carbocycles. The molecule has 0 radical (unpaired) electrons. The summed E-state index contributed by atoms with van der Waals surface area (Å²) in [5, 5.41) is 8.36. The Kier molecular flexibility index (Phi) is 8.01. The van der Waals surface area contributed by atoms with Gasteiger partial charge in [0.1, 0.15) is 0 Å². The Bertz CT molecular complexity index is 56.9. The molecule has 0 aliphatic carbocycles. The number of nitrogens with zero attached hydrogens (tertiary/aromatic N) is 1. The second-order valence-electron chi connectivity index (χ2n) is 0.641. The fourth-order valence-corrected chi connectivity index (χ4v) is 0.105. The quantitative estimate of drug-likeness (QED) is 0.321. The summed E-state index contributed by atoms with van der Waals surface area (Å²) in [6.07, 6.45) is 0. The first-order valence-electron chi connectivity index (χ1n) is 1.54. The van der Waals surface area contributed by atoms with E-state index in [2.05, 4.69) is 4.84 Å². The van der Waals surface area contributed by atoms with E-state index in [0.717, 1.165) is 0 Å². The molecule has 4 nitrogen and oxygen atoms in total. The van der Waals surface area contributed by atoms with Gasteiger partial charge in [-0.2, -0.15) is 0 Å². The van der Waals surface area contributed by atoms with Crippen molar-refractivity contribution in [1.82, 2.24) is 0 Å². The third-order valence-corrected chi connectivity index (χ3v) is 0.235. The fourth-order valence-electron chi connectivity index (χ4n) is 0.105. The summed E-state index contributed by atoms with van der Waals surface area (Å²) < 4.78 is 0. The minimum Gasteiger partial charge on any atom is -0.314 e. The molecule has 0 unspecified atom stereocenters. The predicted octanol–water partition coefficient (Wildman–Crippen LogP) is 0.212. The molecule has 44 valence electrons. The van der Waals surface area contributed by atoms with Crippen LogP contribution in [0.25, 0.3) is 0 Å². The molecule has 0 heterocycles. The van der Waals surface area contributed by atoms with Crippen molar-refractivity contribution in [2.24, 2.45) is 0 Å². The standard InChI is InChI=1S/C2H5NO3.Ni/c1-2-6-3(4)5;/h2H2,1H3;/q;+2. The van der Waals surface area contributed by atoms with Crippen LogP contribution >= 0.6 is 0 Å². The van der Waals surface area contributed by atoms with Crippen LogP contribution in [0.3, 0.4) is 0 Å². The van der Waals surface area contributed by atoms with Crippen molar-refractivity contribution in [2.45, 2.75) is 6.92 Å². The van der Waals surface area contributed by atoms with Crippen LogP contribution in [-0.2, 0) is 21.3 Å². The molecule has 0 spiro atoms. The van der Waals surface area contributed by atoms with Gasteiger partial charge in [-0.15, -0.1) is 10.1 Å². The van der Waals surface area contributed by atoms with Gasteiger partial charge in [-0.05, 0) is 6.92 Å². The Morgan fingerprint density at radius 3 is 2.29 bits per heavy atom. The van der Waals surface area contributed by atoms with Crippen molar-refractivity contribution < 1.29 is 26.4 Å². The van der Waals surface area contributed by atoms with E-state index in [9.17, 15) is 10.1 Å². The monoisotopic (exact) mass is 149 g/mol. The second kappa shape index (κ2) is 5.69. The maximum Gasteiger partial charge on any atom is 2.00 e. The molecule has 0 aromatic heterocycles. The molecule has 7 heavy (non-hydrogen) atoms. The largest absolute Gasteiger partial charge is 2.00 e. The summed E-state index contributed by atoms with van der Waals surface area (Å²) in [6.45, 7) is 1.69. The van der Waals surface area contributed by atoms with E-state index in [4.69, 9.17) is 0 Å². The van der Waals surface area contributed by atoms with Crippen molar-refractivity contribution in [3.63, 3.8) is 0 Å². The Hall–Kier alpha value is -0.306. The molecule has 0 bridgehead atoms. The van der Waals surface area contributed by atoms with Crippen LogP contribution in [0.15, 0.2) is 0 Å². The molecule has 0 saturated heterocycles. The van der Waals surface area contributed by atoms with E-state index in [1.54, 1.807) is 6.92 Å². The van der Waals surface area contributed by atoms with Gasteiger partial charge in [-0.3, -0.25) is 0 Å². The van der Waals surface area contributed by atoms with Crippen molar-refractivity contribution in [3.05, 3.63) is 10.1 Å². The van der Waals surface area contributed by atoms with Crippen molar-refractivity contribution in [3.8, 4) is 0 Å². The van der Waals surface area contributed by atoms with Crippen LogP contribution in [0.2, 0.25) is 0 Å². The molecule has 0 amide bonds. The smallest absolute Gasteiger partial charge is 0.314 e. The van der Waals surface area contributed by atoms with Gasteiger partial charge in [0.05, 0.1) is 6.61 Å². The fraction of sp³-hybridized carbons (Fsp3) is 1.00. The maximum absolute atomic E-state index is 9.18. The van der Waals surface area contributed by atoms with Gasteiger partial charge in [0.15, 0.2) is 0 Å². The third-order valence-electron chi connectivity index (χ3n) is 0.235. The Morgan fingerprint density at radius 1 is 1.86 bits per heavy atom. The van der Waals surface area contributed by atoms with Gasteiger partial charge >= 0.3 is 16.5 Å². The molecule has 5 heteroatoms. The molecule has 0 N–H and O–H groups in total. The summed E-state index contributed by atoms with van der Waals surface area (Å²) in [5.74, 6) is 0. The van der Waals surface area contributed by atoms with Gasteiger partial charge < -0.3 is 4.84 Å². The maximum atomic E-state index is 9.18. The third kappa shape index (κ3) is 10.7. The summed E-state index contributed by atoms with van der Waals surface area (Å²) in [6, 6.07) is 0. The van der Waals surface area contributed by atoms with E-state index in [0.29, 0.717) is 0 Å². The molecule has 0 atom stereocenters. The van der Waals surface area contributed by atoms with Gasteiger partial charge in [-0.1, -0.05) is 0 Å². The van der Waals surface area contributed by atoms with Gasteiger partial charge in [-0.25, -0.2) is 0 Å². The summed E-state index contributed by atoms with van der Waals surface area (Å²) >= 11 is 0. The first-order chi connectivity index (χ1) is 2.77. The minimum absolute atomic E-state index is 0. The van der Waals surface area contributed by atoms with Crippen LogP contribution in [0.4, 0.5) is 0 Å². The van der Waals surface area contributed by atoms with Crippen LogP contribution in [-0.4, -0.2) is 11.7 Å². The van der Waals surface area contributed by atoms with E-state index in [1.165, 1.54) is 0 Å². The van der Waals surface area contributed by atoms with E-state index in [-0.39, 0.29) is 23.1 Å². The first kappa shape index (κ1) is 9.85.